The summed E-state index contributed by atoms with van der Waals surface area (Å²) in [4.78, 5) is 0. The molecule has 2 rings (SSSR count). The Morgan fingerprint density at radius 2 is 1.94 bits per heavy atom. The zero-order chi connectivity index (χ0) is 11.5. The van der Waals surface area contributed by atoms with Crippen LogP contribution in [-0.4, -0.2) is 12.1 Å². The molecule has 1 fully saturated rings. The summed E-state index contributed by atoms with van der Waals surface area (Å²) in [5.41, 5.74) is 6.92. The highest BCUT2D eigenvalue weighted by Gasteiger charge is 2.19. The number of halogens is 1. The van der Waals surface area contributed by atoms with Gasteiger partial charge >= 0.3 is 0 Å². The van der Waals surface area contributed by atoms with Crippen LogP contribution in [0.1, 0.15) is 31.2 Å². The van der Waals surface area contributed by atoms with Gasteiger partial charge in [0.1, 0.15) is 5.75 Å². The van der Waals surface area contributed by atoms with Gasteiger partial charge in [-0.1, -0.05) is 11.6 Å². The van der Waals surface area contributed by atoms with Crippen LogP contribution in [0.25, 0.3) is 0 Å². The number of ether oxygens (including phenoxy) is 1. The second-order valence-corrected chi connectivity index (χ2v) is 4.97. The molecule has 3 heteroatoms. The maximum Gasteiger partial charge on any atom is 0.120 e. The van der Waals surface area contributed by atoms with Crippen molar-refractivity contribution in [3.8, 4) is 5.75 Å². The van der Waals surface area contributed by atoms with Crippen molar-refractivity contribution in [3.05, 3.63) is 28.8 Å². The Balaban J connectivity index is 1.96. The molecule has 0 heterocycles. The lowest BCUT2D eigenvalue weighted by molar-refractivity contribution is 0.147. The Labute approximate surface area is 102 Å². The van der Waals surface area contributed by atoms with Crippen molar-refractivity contribution in [2.24, 2.45) is 5.73 Å². The van der Waals surface area contributed by atoms with Crippen LogP contribution in [0.15, 0.2) is 18.2 Å². The third-order valence-electron chi connectivity index (χ3n) is 3.15. The van der Waals surface area contributed by atoms with Gasteiger partial charge in [0.25, 0.3) is 0 Å². The summed E-state index contributed by atoms with van der Waals surface area (Å²) in [5, 5.41) is 0.790. The molecule has 0 radical (unpaired) electrons. The summed E-state index contributed by atoms with van der Waals surface area (Å²) in [7, 11) is 0. The van der Waals surface area contributed by atoms with Gasteiger partial charge in [-0.25, -0.2) is 0 Å². The molecule has 1 saturated carbocycles. The van der Waals surface area contributed by atoms with Gasteiger partial charge in [0.15, 0.2) is 0 Å². The summed E-state index contributed by atoms with van der Waals surface area (Å²) in [6, 6.07) is 6.19. The average Bonchev–Trinajstić information content (AvgIpc) is 2.27. The molecule has 1 aromatic rings. The van der Waals surface area contributed by atoms with Crippen molar-refractivity contribution in [1.82, 2.24) is 0 Å². The van der Waals surface area contributed by atoms with E-state index in [-0.39, 0.29) is 0 Å². The molecule has 2 N–H and O–H groups in total. The van der Waals surface area contributed by atoms with E-state index in [1.807, 2.05) is 25.1 Å². The Morgan fingerprint density at radius 3 is 2.56 bits per heavy atom. The quantitative estimate of drug-likeness (QED) is 0.860. The van der Waals surface area contributed by atoms with E-state index < -0.39 is 0 Å². The molecule has 1 aliphatic carbocycles. The Morgan fingerprint density at radius 1 is 1.25 bits per heavy atom. The normalized spacial score (nSPS) is 25.4. The first-order valence-electron chi connectivity index (χ1n) is 5.83. The maximum absolute atomic E-state index is 5.97. The first kappa shape index (κ1) is 11.7. The van der Waals surface area contributed by atoms with Crippen molar-refractivity contribution in [2.45, 2.75) is 44.8 Å². The van der Waals surface area contributed by atoms with Gasteiger partial charge in [-0.2, -0.15) is 0 Å². The van der Waals surface area contributed by atoms with E-state index in [0.29, 0.717) is 12.1 Å². The predicted octanol–water partition coefficient (Wildman–Crippen LogP) is 3.30. The van der Waals surface area contributed by atoms with Gasteiger partial charge in [-0.05, 0) is 56.4 Å². The second kappa shape index (κ2) is 5.07. The van der Waals surface area contributed by atoms with E-state index in [2.05, 4.69) is 0 Å². The lowest BCUT2D eigenvalue weighted by Gasteiger charge is -2.26. The highest BCUT2D eigenvalue weighted by molar-refractivity contribution is 6.31. The van der Waals surface area contributed by atoms with Crippen LogP contribution < -0.4 is 10.5 Å². The van der Waals surface area contributed by atoms with Crippen molar-refractivity contribution in [1.29, 1.82) is 0 Å². The smallest absolute Gasteiger partial charge is 0.120 e. The van der Waals surface area contributed by atoms with Crippen LogP contribution in [0.5, 0.6) is 5.75 Å². The second-order valence-electron chi connectivity index (χ2n) is 4.57. The first-order chi connectivity index (χ1) is 7.65. The van der Waals surface area contributed by atoms with Crippen molar-refractivity contribution in [2.75, 3.05) is 0 Å². The van der Waals surface area contributed by atoms with Gasteiger partial charge < -0.3 is 10.5 Å². The van der Waals surface area contributed by atoms with Gasteiger partial charge in [0.05, 0.1) is 6.10 Å². The molecule has 0 aliphatic heterocycles. The van der Waals surface area contributed by atoms with Crippen LogP contribution in [-0.2, 0) is 0 Å². The third kappa shape index (κ3) is 2.89. The molecule has 0 amide bonds. The molecule has 88 valence electrons. The van der Waals surface area contributed by atoms with Crippen molar-refractivity contribution < 1.29 is 4.74 Å². The van der Waals surface area contributed by atoms with E-state index in [9.17, 15) is 0 Å². The summed E-state index contributed by atoms with van der Waals surface area (Å²) < 4.78 is 5.93. The topological polar surface area (TPSA) is 35.2 Å². The molecule has 0 bridgehead atoms. The maximum atomic E-state index is 5.97. The Bertz CT molecular complexity index is 359. The lowest BCUT2D eigenvalue weighted by Crippen LogP contribution is -2.31. The summed E-state index contributed by atoms with van der Waals surface area (Å²) in [5.74, 6) is 0.919. The van der Waals surface area contributed by atoms with E-state index in [1.54, 1.807) is 0 Å². The zero-order valence-corrected chi connectivity index (χ0v) is 10.3. The lowest BCUT2D eigenvalue weighted by atomic mass is 9.94. The average molecular weight is 240 g/mol. The molecule has 2 nitrogen and oxygen atoms in total. The van der Waals surface area contributed by atoms with Crippen LogP contribution in [0.2, 0.25) is 5.02 Å². The highest BCUT2D eigenvalue weighted by atomic mass is 35.5. The summed E-state index contributed by atoms with van der Waals surface area (Å²) in [6.45, 7) is 1.99. The standard InChI is InChI=1S/C13H18ClNO/c1-9-8-12(6-7-13(9)14)16-11-4-2-10(15)3-5-11/h6-8,10-11H,2-5,15H2,1H3. The van der Waals surface area contributed by atoms with E-state index in [4.69, 9.17) is 22.1 Å². The highest BCUT2D eigenvalue weighted by Crippen LogP contribution is 2.26. The number of rotatable bonds is 2. The molecule has 1 aromatic carbocycles. The largest absolute Gasteiger partial charge is 0.490 e. The Hall–Kier alpha value is -0.730. The minimum absolute atomic E-state index is 0.320. The summed E-state index contributed by atoms with van der Waals surface area (Å²) >= 11 is 5.97. The van der Waals surface area contributed by atoms with Crippen LogP contribution in [0.4, 0.5) is 0 Å². The van der Waals surface area contributed by atoms with Crippen LogP contribution in [0.3, 0.4) is 0 Å². The molecular weight excluding hydrogens is 222 g/mol. The molecule has 1 aliphatic rings. The van der Waals surface area contributed by atoms with Crippen molar-refractivity contribution >= 4 is 11.6 Å². The molecular formula is C13H18ClNO. The first-order valence-corrected chi connectivity index (χ1v) is 6.21. The number of hydrogen-bond donors (Lipinski definition) is 1. The fourth-order valence-corrected chi connectivity index (χ4v) is 2.21. The van der Waals surface area contributed by atoms with E-state index in [0.717, 1.165) is 42.0 Å². The fraction of sp³-hybridized carbons (Fsp3) is 0.538. The molecule has 0 atom stereocenters. The molecule has 0 unspecified atom stereocenters. The predicted molar refractivity (Wildman–Crippen MR) is 67.0 cm³/mol. The van der Waals surface area contributed by atoms with Crippen molar-refractivity contribution in [3.63, 3.8) is 0 Å². The fourth-order valence-electron chi connectivity index (χ4n) is 2.09. The number of benzene rings is 1. The summed E-state index contributed by atoms with van der Waals surface area (Å²) in [6.07, 6.45) is 4.57. The zero-order valence-electron chi connectivity index (χ0n) is 9.58. The minimum atomic E-state index is 0.320. The minimum Gasteiger partial charge on any atom is -0.490 e. The molecule has 0 spiro atoms. The van der Waals surface area contributed by atoms with E-state index in [1.165, 1.54) is 0 Å². The Kier molecular flexibility index (Phi) is 3.72. The van der Waals surface area contributed by atoms with Crippen LogP contribution in [0, 0.1) is 6.92 Å². The number of aryl methyl sites for hydroxylation is 1. The van der Waals surface area contributed by atoms with Crippen LogP contribution >= 0.6 is 11.6 Å². The monoisotopic (exact) mass is 239 g/mol. The van der Waals surface area contributed by atoms with E-state index >= 15 is 0 Å². The third-order valence-corrected chi connectivity index (χ3v) is 3.58. The SMILES string of the molecule is Cc1cc(OC2CCC(N)CC2)ccc1Cl. The molecule has 0 aromatic heterocycles. The molecule has 16 heavy (non-hydrogen) atoms. The van der Waals surface area contributed by atoms with Gasteiger partial charge in [-0.3, -0.25) is 0 Å². The number of nitrogens with two attached hydrogens (primary N) is 1. The van der Waals surface area contributed by atoms with Gasteiger partial charge in [0, 0.05) is 11.1 Å². The molecule has 0 saturated heterocycles. The van der Waals surface area contributed by atoms with Gasteiger partial charge in [-0.15, -0.1) is 0 Å². The van der Waals surface area contributed by atoms with Gasteiger partial charge in [0.2, 0.25) is 0 Å². The number of hydrogen-bond acceptors (Lipinski definition) is 2.